The minimum Gasteiger partial charge on any atom is -0.478 e. The van der Waals surface area contributed by atoms with Gasteiger partial charge in [-0.05, 0) is 30.7 Å². The van der Waals surface area contributed by atoms with Crippen LogP contribution in [0.4, 0.5) is 5.00 Å². The highest BCUT2D eigenvalue weighted by atomic mass is 32.1. The average molecular weight is 295 g/mol. The van der Waals surface area contributed by atoms with Crippen molar-refractivity contribution in [1.82, 2.24) is 0 Å². The van der Waals surface area contributed by atoms with E-state index in [9.17, 15) is 19.8 Å². The molecule has 0 radical (unpaired) electrons. The van der Waals surface area contributed by atoms with Crippen molar-refractivity contribution < 1.29 is 19.8 Å². The van der Waals surface area contributed by atoms with Crippen molar-refractivity contribution in [3.63, 3.8) is 0 Å². The molecule has 5 nitrogen and oxygen atoms in total. The zero-order chi connectivity index (χ0) is 14.5. The Morgan fingerprint density at radius 2 is 2.15 bits per heavy atom. The topological polar surface area (TPSA) is 101 Å². The molecule has 0 saturated heterocycles. The molecule has 4 N–H and O–H groups in total. The highest BCUT2D eigenvalue weighted by molar-refractivity contribution is 7.18. The van der Waals surface area contributed by atoms with Gasteiger partial charge in [-0.3, -0.25) is 4.79 Å². The first-order chi connectivity index (χ1) is 9.48. The average Bonchev–Trinajstić information content (AvgIpc) is 3.14. The van der Waals surface area contributed by atoms with Crippen molar-refractivity contribution >= 4 is 28.1 Å². The molecule has 1 fully saturated rings. The Balaban J connectivity index is 2.02. The van der Waals surface area contributed by atoms with Crippen LogP contribution in [0.15, 0.2) is 0 Å². The highest BCUT2D eigenvalue weighted by Crippen LogP contribution is 2.49. The summed E-state index contributed by atoms with van der Waals surface area (Å²) < 4.78 is 0. The number of fused-ring (bicyclic) bond motifs is 1. The Labute approximate surface area is 120 Å². The van der Waals surface area contributed by atoms with Crippen LogP contribution < -0.4 is 5.73 Å². The molecule has 0 aromatic carbocycles. The summed E-state index contributed by atoms with van der Waals surface area (Å²) >= 11 is 1.05. The smallest absolute Gasteiger partial charge is 0.338 e. The summed E-state index contributed by atoms with van der Waals surface area (Å²) in [5, 5.41) is 19.1. The quantitative estimate of drug-likeness (QED) is 0.788. The van der Waals surface area contributed by atoms with Gasteiger partial charge in [-0.25, -0.2) is 4.79 Å². The maximum absolute atomic E-state index is 12.7. The molecule has 2 aliphatic carbocycles. The van der Waals surface area contributed by atoms with Crippen LogP contribution in [0.5, 0.6) is 0 Å². The summed E-state index contributed by atoms with van der Waals surface area (Å²) in [6.07, 6.45) is 3.97. The number of ketones is 1. The van der Waals surface area contributed by atoms with Gasteiger partial charge in [-0.15, -0.1) is 11.3 Å². The lowest BCUT2D eigenvalue weighted by atomic mass is 9.70. The molecule has 0 aliphatic heterocycles. The molecule has 1 atom stereocenters. The number of aromatic carboxylic acids is 1. The fourth-order valence-electron chi connectivity index (χ4n) is 3.14. The number of carboxylic acids is 1. The molecule has 0 bridgehead atoms. The molecular weight excluding hydrogens is 278 g/mol. The molecule has 1 heterocycles. The molecule has 0 amide bonds. The van der Waals surface area contributed by atoms with E-state index in [1.54, 1.807) is 0 Å². The number of nitrogen functional groups attached to an aromatic ring is 1. The number of carbonyl (C=O) groups is 2. The number of rotatable bonds is 4. The predicted octanol–water partition coefficient (Wildman–Crippen LogP) is 1.94. The maximum atomic E-state index is 12.7. The van der Waals surface area contributed by atoms with Gasteiger partial charge in [0.15, 0.2) is 5.78 Å². The van der Waals surface area contributed by atoms with Crippen molar-refractivity contribution in [1.29, 1.82) is 0 Å². The minimum absolute atomic E-state index is 0.0799. The number of nitrogens with two attached hydrogens (primary N) is 1. The van der Waals surface area contributed by atoms with Gasteiger partial charge in [-0.1, -0.05) is 12.8 Å². The van der Waals surface area contributed by atoms with Crippen LogP contribution >= 0.6 is 11.3 Å². The summed E-state index contributed by atoms with van der Waals surface area (Å²) in [6.45, 7) is -0.165. The minimum atomic E-state index is -1.08. The number of hydrogen-bond donors (Lipinski definition) is 3. The zero-order valence-electron chi connectivity index (χ0n) is 11.0. The van der Waals surface area contributed by atoms with Crippen LogP contribution in [0, 0.1) is 11.3 Å². The summed E-state index contributed by atoms with van der Waals surface area (Å²) in [5.74, 6) is -0.659. The Morgan fingerprint density at radius 3 is 2.70 bits per heavy atom. The summed E-state index contributed by atoms with van der Waals surface area (Å²) in [5.41, 5.74) is 5.67. The van der Waals surface area contributed by atoms with Crippen molar-refractivity contribution in [2.75, 3.05) is 12.3 Å². The largest absolute Gasteiger partial charge is 0.478 e. The second-order valence-electron chi connectivity index (χ2n) is 5.87. The lowest BCUT2D eigenvalue weighted by molar-refractivity contribution is 0.0545. The van der Waals surface area contributed by atoms with E-state index >= 15 is 0 Å². The monoisotopic (exact) mass is 295 g/mol. The van der Waals surface area contributed by atoms with E-state index in [0.29, 0.717) is 35.6 Å². The highest BCUT2D eigenvalue weighted by Gasteiger charge is 2.47. The first-order valence-corrected chi connectivity index (χ1v) is 7.60. The van der Waals surface area contributed by atoms with E-state index in [1.165, 1.54) is 0 Å². The molecule has 3 rings (SSSR count). The third-order valence-corrected chi connectivity index (χ3v) is 5.53. The second-order valence-corrected chi connectivity index (χ2v) is 6.92. The number of aliphatic hydroxyl groups is 1. The van der Waals surface area contributed by atoms with Gasteiger partial charge in [0, 0.05) is 0 Å². The number of Topliss-reactive ketones (excluding diaryl/α,β-unsaturated/α-hetero) is 1. The molecule has 1 aromatic heterocycles. The summed E-state index contributed by atoms with van der Waals surface area (Å²) in [7, 11) is 0. The maximum Gasteiger partial charge on any atom is 0.338 e. The van der Waals surface area contributed by atoms with Crippen LogP contribution in [0.25, 0.3) is 0 Å². The van der Waals surface area contributed by atoms with E-state index in [2.05, 4.69) is 0 Å². The van der Waals surface area contributed by atoms with E-state index in [1.807, 2.05) is 0 Å². The third kappa shape index (κ3) is 1.94. The van der Waals surface area contributed by atoms with Crippen molar-refractivity contribution in [2.45, 2.75) is 32.1 Å². The summed E-state index contributed by atoms with van der Waals surface area (Å²) in [6, 6.07) is 0. The number of anilines is 1. The first-order valence-electron chi connectivity index (χ1n) is 6.78. The molecule has 20 heavy (non-hydrogen) atoms. The summed E-state index contributed by atoms with van der Waals surface area (Å²) in [4.78, 5) is 24.4. The van der Waals surface area contributed by atoms with Gasteiger partial charge in [0.25, 0.3) is 0 Å². The fraction of sp³-hybridized carbons (Fsp3) is 0.571. The van der Waals surface area contributed by atoms with E-state index < -0.39 is 11.4 Å². The van der Waals surface area contributed by atoms with Crippen molar-refractivity contribution in [3.8, 4) is 0 Å². The Kier molecular flexibility index (Phi) is 3.10. The molecule has 2 aliphatic rings. The van der Waals surface area contributed by atoms with Crippen LogP contribution in [-0.2, 0) is 6.42 Å². The molecule has 1 saturated carbocycles. The lowest BCUT2D eigenvalue weighted by Gasteiger charge is -2.34. The van der Waals surface area contributed by atoms with Crippen LogP contribution in [0.2, 0.25) is 0 Å². The van der Waals surface area contributed by atoms with E-state index in [0.717, 1.165) is 24.2 Å². The molecule has 6 heteroatoms. The number of carbonyl (C=O) groups excluding carboxylic acids is 1. The fourth-order valence-corrected chi connectivity index (χ4v) is 4.31. The third-order valence-electron chi connectivity index (χ3n) is 4.47. The van der Waals surface area contributed by atoms with Crippen LogP contribution in [0.3, 0.4) is 0 Å². The van der Waals surface area contributed by atoms with Gasteiger partial charge in [-0.2, -0.15) is 0 Å². The van der Waals surface area contributed by atoms with Gasteiger partial charge in [0.1, 0.15) is 5.00 Å². The standard InChI is InChI=1S/C14H17NO4S/c15-12-9(13(18)19)8-3-4-14(6-16,5-7-1-2-7)11(17)10(8)20-12/h7,16H,1-6,15H2,(H,18,19). The van der Waals surface area contributed by atoms with Gasteiger partial charge < -0.3 is 15.9 Å². The Bertz CT molecular complexity index is 590. The first kappa shape index (κ1) is 13.6. The van der Waals surface area contributed by atoms with Crippen molar-refractivity contribution in [2.24, 2.45) is 11.3 Å². The van der Waals surface area contributed by atoms with E-state index in [4.69, 9.17) is 5.73 Å². The van der Waals surface area contributed by atoms with Gasteiger partial charge in [0.2, 0.25) is 0 Å². The predicted molar refractivity (Wildman–Crippen MR) is 75.2 cm³/mol. The molecule has 108 valence electrons. The number of aliphatic hydroxyl groups excluding tert-OH is 1. The number of thiophene rings is 1. The van der Waals surface area contributed by atoms with E-state index in [-0.39, 0.29) is 23.0 Å². The Morgan fingerprint density at radius 1 is 1.45 bits per heavy atom. The second kappa shape index (κ2) is 4.56. The molecular formula is C14H17NO4S. The zero-order valence-corrected chi connectivity index (χ0v) is 11.8. The molecule has 1 aromatic rings. The SMILES string of the molecule is Nc1sc2c(c1C(=O)O)CCC(CO)(CC1CC1)C2=O. The van der Waals surface area contributed by atoms with Gasteiger partial charge in [0.05, 0.1) is 22.5 Å². The number of carboxylic acid groups (broad SMARTS) is 1. The van der Waals surface area contributed by atoms with Crippen molar-refractivity contribution in [3.05, 3.63) is 16.0 Å². The molecule has 1 unspecified atom stereocenters. The van der Waals surface area contributed by atoms with Crippen LogP contribution in [0.1, 0.15) is 51.3 Å². The molecule has 0 spiro atoms. The Hall–Kier alpha value is -1.40. The normalized spacial score (nSPS) is 25.6. The lowest BCUT2D eigenvalue weighted by Crippen LogP contribution is -2.39. The van der Waals surface area contributed by atoms with Crippen LogP contribution in [-0.4, -0.2) is 28.6 Å². The number of hydrogen-bond acceptors (Lipinski definition) is 5. The van der Waals surface area contributed by atoms with Gasteiger partial charge >= 0.3 is 5.97 Å².